The van der Waals surface area contributed by atoms with Gasteiger partial charge in [0.1, 0.15) is 0 Å². The third kappa shape index (κ3) is 32.1. The van der Waals surface area contributed by atoms with E-state index in [-0.39, 0.29) is 29.4 Å². The largest absolute Gasteiger partial charge is 0.396 e. The predicted octanol–water partition coefficient (Wildman–Crippen LogP) is 3.51. The summed E-state index contributed by atoms with van der Waals surface area (Å²) in [6.07, 6.45) is 0. The maximum absolute atomic E-state index is 12.0. The SMILES string of the molecule is O=C(NCSCSC/N=C\S(=O)CCSCSCCSC(=O)NCSCSC/N=C\S(=O)CCO)SCCO. The van der Waals surface area contributed by atoms with E-state index in [1.807, 2.05) is 0 Å². The smallest absolute Gasteiger partial charge is 0.279 e. The van der Waals surface area contributed by atoms with Crippen molar-refractivity contribution >= 4 is 137 Å². The van der Waals surface area contributed by atoms with Gasteiger partial charge in [-0.1, -0.05) is 23.5 Å². The molecule has 2 unspecified atom stereocenters. The molecule has 39 heavy (non-hydrogen) atoms. The molecule has 0 saturated heterocycles. The Morgan fingerprint density at radius 2 is 1.15 bits per heavy atom. The topological polar surface area (TPSA) is 158 Å². The Labute approximate surface area is 270 Å². The molecule has 0 aliphatic rings. The van der Waals surface area contributed by atoms with E-state index < -0.39 is 21.6 Å². The molecule has 228 valence electrons. The average molecular weight is 737 g/mol. The zero-order valence-corrected chi connectivity index (χ0v) is 29.4. The second-order valence-electron chi connectivity index (χ2n) is 6.35. The number of amides is 2. The Kier molecular flexibility index (Phi) is 33.3. The van der Waals surface area contributed by atoms with E-state index >= 15 is 0 Å². The van der Waals surface area contributed by atoms with E-state index in [1.54, 1.807) is 70.6 Å². The molecule has 0 bridgehead atoms. The number of carbonyl (C=O) groups excluding carboxylic acids is 2. The Morgan fingerprint density at radius 3 is 1.72 bits per heavy atom. The van der Waals surface area contributed by atoms with Crippen molar-refractivity contribution in [1.29, 1.82) is 0 Å². The number of thioether (sulfide) groups is 8. The Balaban J connectivity index is 3.43. The van der Waals surface area contributed by atoms with Crippen LogP contribution >= 0.6 is 94.1 Å². The normalized spacial score (nSPS) is 13.2. The number of aliphatic hydroxyl groups excluding tert-OH is 2. The van der Waals surface area contributed by atoms with Crippen molar-refractivity contribution in [2.75, 3.05) is 86.5 Å². The van der Waals surface area contributed by atoms with Gasteiger partial charge in [0.25, 0.3) is 10.5 Å². The molecule has 2 atom stereocenters. The number of rotatable bonds is 26. The lowest BCUT2D eigenvalue weighted by Crippen LogP contribution is -2.18. The van der Waals surface area contributed by atoms with Gasteiger partial charge in [-0.25, -0.2) is 0 Å². The van der Waals surface area contributed by atoms with Gasteiger partial charge in [0.05, 0.1) is 75.2 Å². The van der Waals surface area contributed by atoms with Crippen molar-refractivity contribution in [2.24, 2.45) is 9.98 Å². The number of aliphatic imine (C=N–C) groups is 2. The van der Waals surface area contributed by atoms with Crippen LogP contribution in [0.25, 0.3) is 0 Å². The molecule has 0 aliphatic heterocycles. The van der Waals surface area contributed by atoms with Crippen molar-refractivity contribution in [3.63, 3.8) is 0 Å². The van der Waals surface area contributed by atoms with Gasteiger partial charge in [0.2, 0.25) is 0 Å². The fraction of sp³-hybridized carbons (Fsp3) is 0.789. The van der Waals surface area contributed by atoms with Crippen molar-refractivity contribution in [1.82, 2.24) is 10.6 Å². The maximum Gasteiger partial charge on any atom is 0.279 e. The molecule has 0 spiro atoms. The average Bonchev–Trinajstić information content (AvgIpc) is 2.92. The molecule has 0 saturated carbocycles. The predicted molar refractivity (Wildman–Crippen MR) is 189 cm³/mol. The number of carbonyl (C=O) groups is 2. The quantitative estimate of drug-likeness (QED) is 0.0443. The number of aliphatic hydroxyl groups is 2. The zero-order valence-electron chi connectivity index (χ0n) is 21.3. The molecular formula is C19H36N4O6S10. The summed E-state index contributed by atoms with van der Waals surface area (Å²) < 4.78 is 23.2. The fourth-order valence-corrected chi connectivity index (χ4v) is 10.2. The van der Waals surface area contributed by atoms with Crippen LogP contribution in [0.3, 0.4) is 0 Å². The number of nitrogens with zero attached hydrogens (tertiary/aromatic N) is 2. The Morgan fingerprint density at radius 1 is 0.641 bits per heavy atom. The van der Waals surface area contributed by atoms with E-state index in [2.05, 4.69) is 20.6 Å². The minimum Gasteiger partial charge on any atom is -0.396 e. The van der Waals surface area contributed by atoms with Crippen LogP contribution in [-0.2, 0) is 21.6 Å². The van der Waals surface area contributed by atoms with Gasteiger partial charge in [-0.15, -0.1) is 47.0 Å². The summed E-state index contributed by atoms with van der Waals surface area (Å²) in [5.74, 6) is 5.64. The highest BCUT2D eigenvalue weighted by Crippen LogP contribution is 2.16. The van der Waals surface area contributed by atoms with Crippen LogP contribution in [0.4, 0.5) is 9.59 Å². The number of nitrogens with one attached hydrogen (secondary N) is 2. The van der Waals surface area contributed by atoms with Crippen LogP contribution in [0.2, 0.25) is 0 Å². The third-order valence-electron chi connectivity index (χ3n) is 3.36. The van der Waals surface area contributed by atoms with E-state index in [4.69, 9.17) is 10.2 Å². The summed E-state index contributed by atoms with van der Waals surface area (Å²) in [5.41, 5.74) is 2.86. The van der Waals surface area contributed by atoms with E-state index in [1.165, 1.54) is 22.9 Å². The molecule has 0 rings (SSSR count). The fourth-order valence-electron chi connectivity index (χ4n) is 1.78. The number of hydrogen-bond donors (Lipinski definition) is 4. The van der Waals surface area contributed by atoms with Crippen LogP contribution < -0.4 is 10.6 Å². The summed E-state index contributed by atoms with van der Waals surface area (Å²) in [6, 6.07) is 0. The van der Waals surface area contributed by atoms with Crippen LogP contribution in [0.15, 0.2) is 9.98 Å². The zero-order chi connectivity index (χ0) is 28.8. The first kappa shape index (κ1) is 40.3. The lowest BCUT2D eigenvalue weighted by Gasteiger charge is -2.04. The van der Waals surface area contributed by atoms with Crippen LogP contribution in [0.5, 0.6) is 0 Å². The molecule has 0 aromatic carbocycles. The first-order valence-corrected chi connectivity index (χ1v) is 22.9. The molecule has 0 fully saturated rings. The lowest BCUT2D eigenvalue weighted by atomic mass is 10.9. The van der Waals surface area contributed by atoms with Gasteiger partial charge in [-0.3, -0.25) is 28.0 Å². The highest BCUT2D eigenvalue weighted by Gasteiger charge is 2.03. The molecule has 4 N–H and O–H groups in total. The molecule has 10 nitrogen and oxygen atoms in total. The van der Waals surface area contributed by atoms with Crippen molar-refractivity contribution in [3.8, 4) is 0 Å². The van der Waals surface area contributed by atoms with Gasteiger partial charge in [-0.05, 0) is 0 Å². The first-order valence-electron chi connectivity index (χ1n) is 11.2. The van der Waals surface area contributed by atoms with Crippen molar-refractivity contribution in [3.05, 3.63) is 0 Å². The second kappa shape index (κ2) is 32.2. The molecular weight excluding hydrogens is 701 g/mol. The monoisotopic (exact) mass is 736 g/mol. The van der Waals surface area contributed by atoms with Crippen LogP contribution in [-0.4, -0.2) is 127 Å². The van der Waals surface area contributed by atoms with Gasteiger partial charge >= 0.3 is 0 Å². The van der Waals surface area contributed by atoms with Gasteiger partial charge < -0.3 is 20.8 Å². The molecule has 20 heteroatoms. The lowest BCUT2D eigenvalue weighted by molar-refractivity contribution is 0.261. The summed E-state index contributed by atoms with van der Waals surface area (Å²) in [5, 5.41) is 25.1. The highest BCUT2D eigenvalue weighted by atomic mass is 32.2. The van der Waals surface area contributed by atoms with Crippen LogP contribution in [0.1, 0.15) is 0 Å². The van der Waals surface area contributed by atoms with E-state index in [9.17, 15) is 18.0 Å². The molecule has 0 aromatic heterocycles. The summed E-state index contributed by atoms with van der Waals surface area (Å²) >= 11 is 12.1. The summed E-state index contributed by atoms with van der Waals surface area (Å²) in [7, 11) is -2.28. The summed E-state index contributed by atoms with van der Waals surface area (Å²) in [4.78, 5) is 31.4. The van der Waals surface area contributed by atoms with Crippen LogP contribution in [0, 0.1) is 0 Å². The molecule has 2 amide bonds. The highest BCUT2D eigenvalue weighted by molar-refractivity contribution is 8.18. The van der Waals surface area contributed by atoms with Crippen molar-refractivity contribution < 1.29 is 28.2 Å². The second-order valence-corrected chi connectivity index (χ2v) is 18.4. The van der Waals surface area contributed by atoms with Gasteiger partial charge in [0, 0.05) is 44.0 Å². The third-order valence-corrected chi connectivity index (χ3v) is 13.8. The maximum atomic E-state index is 12.0. The minimum absolute atomic E-state index is 0.0137. The van der Waals surface area contributed by atoms with Gasteiger partial charge in [-0.2, -0.15) is 23.5 Å². The van der Waals surface area contributed by atoms with E-state index in [0.717, 1.165) is 44.3 Å². The minimum atomic E-state index is -1.20. The molecule has 0 radical (unpaired) electrons. The Hall–Kier alpha value is 1.30. The van der Waals surface area contributed by atoms with Gasteiger partial charge in [0.15, 0.2) is 0 Å². The molecule has 0 heterocycles. The van der Waals surface area contributed by atoms with Crippen molar-refractivity contribution in [2.45, 2.75) is 0 Å². The number of hydrogen-bond acceptors (Lipinski definition) is 16. The summed E-state index contributed by atoms with van der Waals surface area (Å²) in [6.45, 7) is -0.127. The standard InChI is InChI=1S/C19H36N4O6S10/c24-1-3-36-18(26)22-11-34-17-33-10-21-14-39(29)8-6-31-15-30-4-5-37-19(27)23-12-35-16-32-9-20-13-38(28)7-2-25/h13-14,24-25H,1-12,15-17H2,(H,22,26)(H,23,27)/b20-13-,21-14-. The molecule has 0 aliphatic carbocycles. The Bertz CT molecular complexity index is 739. The molecule has 0 aromatic rings. The first-order chi connectivity index (χ1) is 19.0. The van der Waals surface area contributed by atoms with E-state index in [0.29, 0.717) is 35.0 Å².